The van der Waals surface area contributed by atoms with Gasteiger partial charge in [-0.25, -0.2) is 4.79 Å². The molecule has 5 rings (SSSR count). The molecular formula is C36H44Cl2F3N5O2. The number of rotatable bonds is 7. The second-order valence-electron chi connectivity index (χ2n) is 13.9. The lowest BCUT2D eigenvalue weighted by molar-refractivity contribution is -0.138. The molecule has 2 aromatic rings. The van der Waals surface area contributed by atoms with Crippen molar-refractivity contribution in [3.8, 4) is 5.75 Å². The Balaban J connectivity index is 1.66. The molecule has 3 aliphatic rings. The number of halogens is 5. The van der Waals surface area contributed by atoms with Gasteiger partial charge in [-0.15, -0.1) is 11.6 Å². The summed E-state index contributed by atoms with van der Waals surface area (Å²) in [4.78, 5) is 30.5. The van der Waals surface area contributed by atoms with E-state index in [9.17, 15) is 13.2 Å². The third kappa shape index (κ3) is 7.12. The van der Waals surface area contributed by atoms with Crippen molar-refractivity contribution < 1.29 is 22.7 Å². The van der Waals surface area contributed by atoms with Crippen LogP contribution in [-0.4, -0.2) is 88.0 Å². The van der Waals surface area contributed by atoms with Gasteiger partial charge in [-0.05, 0) is 50.5 Å². The van der Waals surface area contributed by atoms with Gasteiger partial charge in [0.25, 0.3) is 0 Å². The number of amides is 2. The number of aromatic nitrogens is 1. The van der Waals surface area contributed by atoms with Crippen LogP contribution in [0.2, 0.25) is 5.02 Å². The molecule has 1 fully saturated rings. The van der Waals surface area contributed by atoms with Crippen molar-refractivity contribution in [3.63, 3.8) is 0 Å². The third-order valence-corrected chi connectivity index (χ3v) is 10.2. The van der Waals surface area contributed by atoms with Crippen LogP contribution in [0.25, 0.3) is 0 Å². The zero-order chi connectivity index (χ0) is 35.1. The largest absolute Gasteiger partial charge is 0.493 e. The summed E-state index contributed by atoms with van der Waals surface area (Å²) in [6.45, 7) is 13.6. The molecule has 1 aromatic carbocycles. The van der Waals surface area contributed by atoms with Gasteiger partial charge in [0.2, 0.25) is 0 Å². The van der Waals surface area contributed by atoms with E-state index in [1.54, 1.807) is 20.9 Å². The minimum absolute atomic E-state index is 0.102. The number of pyridine rings is 1. The van der Waals surface area contributed by atoms with Crippen LogP contribution in [0.3, 0.4) is 0 Å². The van der Waals surface area contributed by atoms with E-state index in [2.05, 4.69) is 26.8 Å². The molecule has 260 valence electrons. The van der Waals surface area contributed by atoms with Crippen LogP contribution in [0, 0.1) is 0 Å². The predicted octanol–water partition coefficient (Wildman–Crippen LogP) is 8.35. The number of ether oxygens (including phenoxy) is 1. The fraction of sp³-hybridized carbons (Fsp3) is 0.528. The topological polar surface area (TPSA) is 61.3 Å². The first-order valence-corrected chi connectivity index (χ1v) is 17.2. The van der Waals surface area contributed by atoms with Gasteiger partial charge in [-0.1, -0.05) is 62.7 Å². The smallest absolute Gasteiger partial charge is 0.390 e. The summed E-state index contributed by atoms with van der Waals surface area (Å²) in [5.74, 6) is 0.959. The van der Waals surface area contributed by atoms with Gasteiger partial charge in [-0.2, -0.15) is 13.2 Å². The van der Waals surface area contributed by atoms with Crippen LogP contribution >= 0.6 is 23.2 Å². The highest BCUT2D eigenvalue weighted by atomic mass is 35.5. The number of carbonyl (C=O) groups excluding carboxylic acids is 1. The van der Waals surface area contributed by atoms with Gasteiger partial charge in [0, 0.05) is 61.1 Å². The summed E-state index contributed by atoms with van der Waals surface area (Å²) in [5.41, 5.74) is 0.769. The number of carbonyl (C=O) groups is 1. The molecule has 0 bridgehead atoms. The second kappa shape index (κ2) is 13.7. The van der Waals surface area contributed by atoms with Crippen LogP contribution in [0.1, 0.15) is 71.2 Å². The highest BCUT2D eigenvalue weighted by molar-refractivity contribution is 6.30. The Kier molecular flexibility index (Phi) is 10.3. The van der Waals surface area contributed by atoms with E-state index < -0.39 is 23.7 Å². The summed E-state index contributed by atoms with van der Waals surface area (Å²) in [5, 5.41) is 0.387. The number of allylic oxidation sites excluding steroid dienone is 2. The first kappa shape index (κ1) is 36.2. The highest BCUT2D eigenvalue weighted by Gasteiger charge is 2.61. The molecule has 2 amide bonds. The number of alkyl halides is 4. The van der Waals surface area contributed by atoms with Crippen molar-refractivity contribution in [1.82, 2.24) is 19.7 Å². The summed E-state index contributed by atoms with van der Waals surface area (Å²) in [6.07, 6.45) is 3.13. The Morgan fingerprint density at radius 1 is 1.08 bits per heavy atom. The first-order chi connectivity index (χ1) is 22.5. The van der Waals surface area contributed by atoms with Gasteiger partial charge >= 0.3 is 12.2 Å². The van der Waals surface area contributed by atoms with E-state index in [0.717, 1.165) is 16.8 Å². The summed E-state index contributed by atoms with van der Waals surface area (Å²) in [6, 6.07) is 9.10. The minimum Gasteiger partial charge on any atom is -0.493 e. The molecule has 1 saturated heterocycles. The van der Waals surface area contributed by atoms with Crippen molar-refractivity contribution in [2.24, 2.45) is 4.99 Å². The number of hydrogen-bond acceptors (Lipinski definition) is 5. The van der Waals surface area contributed by atoms with E-state index in [4.69, 9.17) is 37.9 Å². The number of piperazine rings is 1. The quantitative estimate of drug-likeness (QED) is 0.272. The van der Waals surface area contributed by atoms with E-state index in [1.807, 2.05) is 63.3 Å². The highest BCUT2D eigenvalue weighted by Crippen LogP contribution is 2.53. The maximum Gasteiger partial charge on any atom is 0.390 e. The predicted molar refractivity (Wildman–Crippen MR) is 185 cm³/mol. The molecule has 1 aliphatic carbocycles. The SMILES string of the molecule is CCOc1cc(C(C)(C)C)ncc1C1=N[C@@](C)(c2ccc(Cl)cc2)[C@@](C)(C2=CCC(Cl)C=C2)N1C(=O)N1CCN(CCC(F)(F)F)CC1. The van der Waals surface area contributed by atoms with Gasteiger partial charge in [0.1, 0.15) is 22.7 Å². The van der Waals surface area contributed by atoms with Gasteiger partial charge < -0.3 is 9.64 Å². The van der Waals surface area contributed by atoms with E-state index >= 15 is 4.79 Å². The molecule has 7 nitrogen and oxygen atoms in total. The molecule has 0 radical (unpaired) electrons. The Bertz CT molecular complexity index is 1600. The molecule has 0 saturated carbocycles. The molecule has 48 heavy (non-hydrogen) atoms. The number of benzene rings is 1. The molecule has 1 unspecified atom stereocenters. The summed E-state index contributed by atoms with van der Waals surface area (Å²) >= 11 is 12.8. The zero-order valence-electron chi connectivity index (χ0n) is 28.4. The molecule has 0 spiro atoms. The monoisotopic (exact) mass is 705 g/mol. The first-order valence-electron chi connectivity index (χ1n) is 16.4. The Labute approximate surface area is 291 Å². The lowest BCUT2D eigenvalue weighted by atomic mass is 9.69. The Morgan fingerprint density at radius 2 is 1.75 bits per heavy atom. The average Bonchev–Trinajstić information content (AvgIpc) is 3.27. The zero-order valence-corrected chi connectivity index (χ0v) is 29.9. The molecule has 12 heteroatoms. The summed E-state index contributed by atoms with van der Waals surface area (Å²) < 4.78 is 45.1. The maximum atomic E-state index is 15.0. The second-order valence-corrected chi connectivity index (χ2v) is 14.9. The fourth-order valence-electron chi connectivity index (χ4n) is 6.63. The number of aliphatic imine (C=N–C) groups is 1. The van der Waals surface area contributed by atoms with Crippen molar-refractivity contribution in [3.05, 3.63) is 82.2 Å². The number of hydrogen-bond donors (Lipinski definition) is 0. The Morgan fingerprint density at radius 3 is 2.31 bits per heavy atom. The number of urea groups is 1. The maximum absolute atomic E-state index is 15.0. The Hall–Kier alpha value is -3.08. The van der Waals surface area contributed by atoms with Crippen LogP contribution in [0.5, 0.6) is 5.75 Å². The molecule has 3 atom stereocenters. The lowest BCUT2D eigenvalue weighted by Crippen LogP contribution is -2.63. The van der Waals surface area contributed by atoms with Crippen LogP contribution in [-0.2, 0) is 11.0 Å². The standard InChI is InChI=1S/C36H44Cl2F3N5O2/c1-7-48-29-22-30(33(2,3)4)42-23-28(29)31-43-34(5,24-8-12-26(37)13-9-24)35(6,25-10-14-27(38)15-11-25)46(31)32(47)45-20-18-44(19-21-45)17-16-36(39,40)41/h8-14,22-23,27H,7,15-21H2,1-6H3/t27?,34-,35+/m0/s1. The van der Waals surface area contributed by atoms with Gasteiger partial charge in [0.15, 0.2) is 0 Å². The normalized spacial score (nSPS) is 25.3. The van der Waals surface area contributed by atoms with Crippen molar-refractivity contribution >= 4 is 35.1 Å². The van der Waals surface area contributed by atoms with E-state index in [0.29, 0.717) is 48.3 Å². The molecular weight excluding hydrogens is 662 g/mol. The number of amidine groups is 1. The van der Waals surface area contributed by atoms with Crippen LogP contribution < -0.4 is 4.74 Å². The van der Waals surface area contributed by atoms with Crippen molar-refractivity contribution in [1.29, 1.82) is 0 Å². The van der Waals surface area contributed by atoms with Crippen molar-refractivity contribution in [2.45, 2.75) is 82.4 Å². The van der Waals surface area contributed by atoms with Crippen molar-refractivity contribution in [2.75, 3.05) is 39.3 Å². The fourth-order valence-corrected chi connectivity index (χ4v) is 6.91. The minimum atomic E-state index is -4.24. The van der Waals surface area contributed by atoms with E-state index in [1.165, 1.54) is 0 Å². The molecule has 2 aliphatic heterocycles. The van der Waals surface area contributed by atoms with E-state index in [-0.39, 0.29) is 36.5 Å². The average molecular weight is 707 g/mol. The van der Waals surface area contributed by atoms with Crippen LogP contribution in [0.15, 0.2) is 65.3 Å². The molecule has 0 N–H and O–H groups in total. The summed E-state index contributed by atoms with van der Waals surface area (Å²) in [7, 11) is 0. The van der Waals surface area contributed by atoms with Gasteiger partial charge in [0.05, 0.1) is 24.0 Å². The lowest BCUT2D eigenvalue weighted by Gasteiger charge is -2.48. The molecule has 3 heterocycles. The van der Waals surface area contributed by atoms with Gasteiger partial charge in [-0.3, -0.25) is 19.8 Å². The van der Waals surface area contributed by atoms with Crippen LogP contribution in [0.4, 0.5) is 18.0 Å². The number of nitrogens with zero attached hydrogens (tertiary/aromatic N) is 5. The third-order valence-electron chi connectivity index (χ3n) is 9.67. The molecule has 1 aromatic heterocycles.